The van der Waals surface area contributed by atoms with E-state index in [0.29, 0.717) is 18.7 Å². The normalized spacial score (nSPS) is 16.2. The van der Waals surface area contributed by atoms with Crippen LogP contribution >= 0.6 is 11.8 Å². The molecule has 0 aliphatic carbocycles. The molecule has 0 amide bonds. The number of hydrogen-bond acceptors (Lipinski definition) is 5. The summed E-state index contributed by atoms with van der Waals surface area (Å²) in [4.78, 5) is 18.9. The lowest BCUT2D eigenvalue weighted by atomic mass is 10.1. The molecule has 0 unspecified atom stereocenters. The van der Waals surface area contributed by atoms with E-state index in [9.17, 15) is 18.0 Å². The zero-order chi connectivity index (χ0) is 27.0. The van der Waals surface area contributed by atoms with Crippen LogP contribution in [0, 0.1) is 5.92 Å². The van der Waals surface area contributed by atoms with Gasteiger partial charge in [-0.1, -0.05) is 44.7 Å². The average molecular weight is 536 g/mol. The lowest BCUT2D eigenvalue weighted by Gasteiger charge is -2.36. The summed E-state index contributed by atoms with van der Waals surface area (Å²) < 4.78 is 40.1. The molecule has 2 aromatic rings. The van der Waals surface area contributed by atoms with Crippen LogP contribution in [0.4, 0.5) is 24.5 Å². The summed E-state index contributed by atoms with van der Waals surface area (Å²) in [7, 11) is 0. The molecular formula is C29H40F3N3OS. The molecular weight excluding hydrogens is 495 g/mol. The van der Waals surface area contributed by atoms with Gasteiger partial charge in [-0.15, -0.1) is 0 Å². The minimum absolute atomic E-state index is 0.255. The molecule has 4 rings (SSSR count). The zero-order valence-electron chi connectivity index (χ0n) is 22.5. The molecule has 2 heterocycles. The van der Waals surface area contributed by atoms with Crippen LogP contribution in [0.2, 0.25) is 0 Å². The number of carbonyl (C=O) groups excluding carboxylic acids is 1. The summed E-state index contributed by atoms with van der Waals surface area (Å²) in [5.41, 5.74) is 1.09. The molecule has 0 atom stereocenters. The second kappa shape index (κ2) is 13.7. The van der Waals surface area contributed by atoms with Crippen LogP contribution in [0.3, 0.4) is 0 Å². The van der Waals surface area contributed by atoms with E-state index in [1.165, 1.54) is 25.1 Å². The van der Waals surface area contributed by atoms with Gasteiger partial charge in [0.05, 0.1) is 16.9 Å². The molecule has 0 radical (unpaired) electrons. The van der Waals surface area contributed by atoms with Crippen molar-refractivity contribution in [2.45, 2.75) is 62.9 Å². The van der Waals surface area contributed by atoms with Gasteiger partial charge in [0.1, 0.15) is 5.78 Å². The second-order valence-corrected chi connectivity index (χ2v) is 11.3. The fourth-order valence-corrected chi connectivity index (χ4v) is 5.45. The molecule has 0 aromatic heterocycles. The molecule has 2 aliphatic rings. The number of benzene rings is 2. The molecule has 4 nitrogen and oxygen atoms in total. The van der Waals surface area contributed by atoms with E-state index in [4.69, 9.17) is 0 Å². The van der Waals surface area contributed by atoms with E-state index in [0.717, 1.165) is 60.5 Å². The fourth-order valence-electron chi connectivity index (χ4n) is 4.38. The molecule has 0 spiro atoms. The molecule has 0 bridgehead atoms. The van der Waals surface area contributed by atoms with Crippen molar-refractivity contribution in [3.05, 3.63) is 48.0 Å². The monoisotopic (exact) mass is 535 g/mol. The Bertz CT molecular complexity index is 1020. The summed E-state index contributed by atoms with van der Waals surface area (Å²) >= 11 is 1.55. The van der Waals surface area contributed by atoms with E-state index in [1.807, 2.05) is 31.2 Å². The van der Waals surface area contributed by atoms with Crippen LogP contribution < -0.4 is 4.90 Å². The number of fused-ring (bicyclic) bond motifs is 2. The lowest BCUT2D eigenvalue weighted by Crippen LogP contribution is -2.47. The predicted octanol–water partition coefficient (Wildman–Crippen LogP) is 7.35. The van der Waals surface area contributed by atoms with Crippen LogP contribution in [-0.2, 0) is 11.0 Å². The standard InChI is InChI=1S/C25H32F3N3S.C4H8O/c1-19(2)10-13-30-16-14-29(15-17-30)11-5-12-31-21-6-3-4-7-23(21)32-24-9-8-20(18-22(24)31)25(26,27)28;1-3-4(2)5/h3-4,6-9,18-19H,5,10-17H2,1-2H3;3H2,1-2H3. The Hall–Kier alpha value is -2.03. The van der Waals surface area contributed by atoms with E-state index < -0.39 is 11.7 Å². The Balaban J connectivity index is 0.000000695. The van der Waals surface area contributed by atoms with E-state index in [-0.39, 0.29) is 5.78 Å². The third-order valence-electron chi connectivity index (χ3n) is 6.79. The first-order valence-electron chi connectivity index (χ1n) is 13.3. The number of carbonyl (C=O) groups is 1. The first-order valence-corrected chi connectivity index (χ1v) is 14.1. The maximum atomic E-state index is 13.4. The van der Waals surface area contributed by atoms with Crippen molar-refractivity contribution in [1.29, 1.82) is 0 Å². The van der Waals surface area contributed by atoms with Crippen LogP contribution in [0.15, 0.2) is 52.3 Å². The van der Waals surface area contributed by atoms with Crippen molar-refractivity contribution >= 4 is 28.9 Å². The zero-order valence-corrected chi connectivity index (χ0v) is 23.3. The van der Waals surface area contributed by atoms with Crippen molar-refractivity contribution in [1.82, 2.24) is 9.80 Å². The average Bonchev–Trinajstić information content (AvgIpc) is 2.87. The van der Waals surface area contributed by atoms with Gasteiger partial charge in [0.2, 0.25) is 0 Å². The molecule has 37 heavy (non-hydrogen) atoms. The highest BCUT2D eigenvalue weighted by Crippen LogP contribution is 2.49. The summed E-state index contributed by atoms with van der Waals surface area (Å²) in [6.07, 6.45) is -1.51. The maximum absolute atomic E-state index is 13.4. The van der Waals surface area contributed by atoms with Gasteiger partial charge in [-0.25, -0.2) is 0 Å². The summed E-state index contributed by atoms with van der Waals surface area (Å²) in [6.45, 7) is 15.2. The van der Waals surface area contributed by atoms with Gasteiger partial charge in [-0.2, -0.15) is 13.2 Å². The fraction of sp³-hybridized carbons (Fsp3) is 0.552. The predicted molar refractivity (Wildman–Crippen MR) is 147 cm³/mol. The van der Waals surface area contributed by atoms with Gasteiger partial charge in [-0.05, 0) is 69.1 Å². The molecule has 0 N–H and O–H groups in total. The van der Waals surface area contributed by atoms with Gasteiger partial charge in [0, 0.05) is 48.9 Å². The van der Waals surface area contributed by atoms with Gasteiger partial charge in [0.25, 0.3) is 0 Å². The Morgan fingerprint density at radius 3 is 2.11 bits per heavy atom. The highest BCUT2D eigenvalue weighted by atomic mass is 32.2. The Morgan fingerprint density at radius 1 is 0.919 bits per heavy atom. The van der Waals surface area contributed by atoms with Crippen LogP contribution in [0.1, 0.15) is 52.5 Å². The number of anilines is 2. The highest BCUT2D eigenvalue weighted by molar-refractivity contribution is 7.99. The summed E-state index contributed by atoms with van der Waals surface area (Å²) in [5, 5.41) is 0. The molecule has 1 saturated heterocycles. The Morgan fingerprint density at radius 2 is 1.51 bits per heavy atom. The van der Waals surface area contributed by atoms with Crippen molar-refractivity contribution in [2.24, 2.45) is 5.92 Å². The minimum Gasteiger partial charge on any atom is -0.340 e. The number of rotatable bonds is 8. The number of hydrogen-bond donors (Lipinski definition) is 0. The van der Waals surface area contributed by atoms with Gasteiger partial charge < -0.3 is 19.5 Å². The lowest BCUT2D eigenvalue weighted by molar-refractivity contribution is -0.137. The first kappa shape index (κ1) is 29.5. The Labute approximate surface area is 224 Å². The van der Waals surface area contributed by atoms with E-state index in [2.05, 4.69) is 28.5 Å². The molecule has 2 aromatic carbocycles. The van der Waals surface area contributed by atoms with E-state index in [1.54, 1.807) is 24.8 Å². The van der Waals surface area contributed by atoms with Gasteiger partial charge >= 0.3 is 6.18 Å². The van der Waals surface area contributed by atoms with Crippen LogP contribution in [-0.4, -0.2) is 61.4 Å². The third kappa shape index (κ3) is 8.76. The van der Waals surface area contributed by atoms with Gasteiger partial charge in [0.15, 0.2) is 0 Å². The van der Waals surface area contributed by atoms with Crippen molar-refractivity contribution in [3.63, 3.8) is 0 Å². The molecule has 0 saturated carbocycles. The van der Waals surface area contributed by atoms with Crippen molar-refractivity contribution < 1.29 is 18.0 Å². The highest BCUT2D eigenvalue weighted by Gasteiger charge is 2.33. The van der Waals surface area contributed by atoms with Crippen molar-refractivity contribution in [3.8, 4) is 0 Å². The van der Waals surface area contributed by atoms with Crippen LogP contribution in [0.5, 0.6) is 0 Å². The SMILES string of the molecule is CC(C)CCN1CCN(CCCN2c3ccccc3Sc3ccc(C(F)(F)F)cc32)CC1.CCC(C)=O. The van der Waals surface area contributed by atoms with Crippen molar-refractivity contribution in [2.75, 3.05) is 50.7 Å². The number of alkyl halides is 3. The van der Waals surface area contributed by atoms with Crippen LogP contribution in [0.25, 0.3) is 0 Å². The minimum atomic E-state index is -4.34. The number of nitrogens with zero attached hydrogens (tertiary/aromatic N) is 3. The summed E-state index contributed by atoms with van der Waals surface area (Å²) in [6, 6.07) is 12.1. The second-order valence-electron chi connectivity index (χ2n) is 10.2. The summed E-state index contributed by atoms with van der Waals surface area (Å²) in [5.74, 6) is 0.990. The molecule has 1 fully saturated rings. The third-order valence-corrected chi connectivity index (χ3v) is 7.92. The maximum Gasteiger partial charge on any atom is 0.416 e. The Kier molecular flexibility index (Phi) is 10.9. The van der Waals surface area contributed by atoms with E-state index >= 15 is 0 Å². The number of para-hydroxylation sites is 1. The quantitative estimate of drug-likeness (QED) is 0.352. The largest absolute Gasteiger partial charge is 0.416 e. The smallest absolute Gasteiger partial charge is 0.340 e. The first-order chi connectivity index (χ1) is 17.6. The molecule has 8 heteroatoms. The van der Waals surface area contributed by atoms with Gasteiger partial charge in [-0.3, -0.25) is 0 Å². The topological polar surface area (TPSA) is 26.8 Å². The number of Topliss-reactive ketones (excluding diaryl/α,β-unsaturated/α-hetero) is 1. The molecule has 2 aliphatic heterocycles. The number of ketones is 1. The number of piperazine rings is 1. The number of halogens is 3. The molecule has 204 valence electrons.